The molecule has 0 atom stereocenters. The zero-order valence-corrected chi connectivity index (χ0v) is 12.4. The molecule has 0 bridgehead atoms. The quantitative estimate of drug-likeness (QED) is 0.623. The Kier molecular flexibility index (Phi) is 4.45. The topological polar surface area (TPSA) is 84.3 Å². The highest BCUT2D eigenvalue weighted by Gasteiger charge is 2.35. The summed E-state index contributed by atoms with van der Waals surface area (Å²) in [6.45, 7) is 2.77. The predicted octanol–water partition coefficient (Wildman–Crippen LogP) is 2.95. The fraction of sp³-hybridized carbons (Fsp3) is 0.533. The number of hydrogen-bond acceptors (Lipinski definition) is 4. The van der Waals surface area contributed by atoms with Crippen molar-refractivity contribution < 1.29 is 9.72 Å². The van der Waals surface area contributed by atoms with Gasteiger partial charge in [-0.25, -0.2) is 0 Å². The maximum Gasteiger partial charge on any atom is 0.293 e. The van der Waals surface area contributed by atoms with Gasteiger partial charge in [0.05, 0.1) is 10.5 Å². The second-order valence-corrected chi connectivity index (χ2v) is 5.60. The number of hydrogen-bond donors (Lipinski definition) is 2. The van der Waals surface area contributed by atoms with Crippen molar-refractivity contribution in [2.75, 3.05) is 18.9 Å². The van der Waals surface area contributed by atoms with Gasteiger partial charge >= 0.3 is 0 Å². The van der Waals surface area contributed by atoms with E-state index in [0.717, 1.165) is 19.3 Å². The standard InChI is InChI=1S/C15H21N3O3/c1-3-15(8-5-9-15)10-17-14(19)11-6-4-7-12(18(20)21)13(11)16-2/h4,6-7,16H,3,5,8-10H2,1-2H3,(H,17,19). The number of rotatable bonds is 6. The number of amides is 1. The Morgan fingerprint density at radius 3 is 2.62 bits per heavy atom. The average molecular weight is 291 g/mol. The molecule has 1 aromatic carbocycles. The number of nitrogens with zero attached hydrogens (tertiary/aromatic N) is 1. The smallest absolute Gasteiger partial charge is 0.293 e. The molecule has 2 N–H and O–H groups in total. The molecule has 0 unspecified atom stereocenters. The highest BCUT2D eigenvalue weighted by molar-refractivity contribution is 6.01. The molecule has 1 aromatic rings. The van der Waals surface area contributed by atoms with Crippen LogP contribution in [0.1, 0.15) is 43.0 Å². The first-order chi connectivity index (χ1) is 10.0. The first-order valence-corrected chi connectivity index (χ1v) is 7.26. The Labute approximate surface area is 124 Å². The van der Waals surface area contributed by atoms with E-state index in [9.17, 15) is 14.9 Å². The van der Waals surface area contributed by atoms with Gasteiger partial charge in [0.15, 0.2) is 0 Å². The highest BCUT2D eigenvalue weighted by atomic mass is 16.6. The first kappa shape index (κ1) is 15.3. The van der Waals surface area contributed by atoms with Crippen LogP contribution < -0.4 is 10.6 Å². The molecule has 0 radical (unpaired) electrons. The molecule has 2 rings (SSSR count). The molecule has 0 spiro atoms. The van der Waals surface area contributed by atoms with Crippen molar-refractivity contribution in [3.63, 3.8) is 0 Å². The molecule has 0 heterocycles. The maximum atomic E-state index is 12.3. The molecule has 1 fully saturated rings. The second-order valence-electron chi connectivity index (χ2n) is 5.60. The monoisotopic (exact) mass is 291 g/mol. The number of nitrogens with one attached hydrogen (secondary N) is 2. The molecule has 6 heteroatoms. The van der Waals surface area contributed by atoms with Gasteiger partial charge < -0.3 is 10.6 Å². The third kappa shape index (κ3) is 2.99. The normalized spacial score (nSPS) is 15.9. The van der Waals surface area contributed by atoms with Crippen LogP contribution in [0.2, 0.25) is 0 Å². The van der Waals surface area contributed by atoms with Gasteiger partial charge in [0.2, 0.25) is 0 Å². The van der Waals surface area contributed by atoms with Crippen molar-refractivity contribution in [2.45, 2.75) is 32.6 Å². The minimum Gasteiger partial charge on any atom is -0.382 e. The van der Waals surface area contributed by atoms with Crippen molar-refractivity contribution in [1.29, 1.82) is 0 Å². The van der Waals surface area contributed by atoms with Gasteiger partial charge in [-0.15, -0.1) is 0 Å². The van der Waals surface area contributed by atoms with Gasteiger partial charge in [0, 0.05) is 19.7 Å². The van der Waals surface area contributed by atoms with E-state index < -0.39 is 4.92 Å². The summed E-state index contributed by atoms with van der Waals surface area (Å²) < 4.78 is 0. The number of anilines is 1. The SMILES string of the molecule is CCC1(CNC(=O)c2cccc([N+](=O)[O-])c2NC)CCC1. The molecule has 21 heavy (non-hydrogen) atoms. The van der Waals surface area contributed by atoms with E-state index in [-0.39, 0.29) is 22.7 Å². The van der Waals surface area contributed by atoms with Crippen LogP contribution in [0.25, 0.3) is 0 Å². The van der Waals surface area contributed by atoms with Gasteiger partial charge in [-0.05, 0) is 30.7 Å². The maximum absolute atomic E-state index is 12.3. The van der Waals surface area contributed by atoms with Crippen molar-refractivity contribution in [3.05, 3.63) is 33.9 Å². The van der Waals surface area contributed by atoms with E-state index in [1.807, 2.05) is 0 Å². The molecule has 0 aliphatic heterocycles. The van der Waals surface area contributed by atoms with E-state index in [1.165, 1.54) is 18.6 Å². The summed E-state index contributed by atoms with van der Waals surface area (Å²) >= 11 is 0. The zero-order valence-electron chi connectivity index (χ0n) is 12.4. The fourth-order valence-electron chi connectivity index (χ4n) is 2.84. The lowest BCUT2D eigenvalue weighted by atomic mass is 9.67. The number of carbonyl (C=O) groups excluding carboxylic acids is 1. The Balaban J connectivity index is 2.15. The number of benzene rings is 1. The van der Waals surface area contributed by atoms with Crippen LogP contribution in [0.4, 0.5) is 11.4 Å². The van der Waals surface area contributed by atoms with Gasteiger partial charge in [0.25, 0.3) is 11.6 Å². The largest absolute Gasteiger partial charge is 0.382 e. The van der Waals surface area contributed by atoms with E-state index in [4.69, 9.17) is 0 Å². The molecule has 1 aliphatic carbocycles. The summed E-state index contributed by atoms with van der Waals surface area (Å²) in [7, 11) is 1.58. The predicted molar refractivity (Wildman–Crippen MR) is 81.6 cm³/mol. The molecule has 114 valence electrons. The number of nitro benzene ring substituents is 1. The van der Waals surface area contributed by atoms with Crippen molar-refractivity contribution >= 4 is 17.3 Å². The number of carbonyl (C=O) groups is 1. The van der Waals surface area contributed by atoms with Gasteiger partial charge in [-0.1, -0.05) is 19.4 Å². The third-order valence-corrected chi connectivity index (χ3v) is 4.52. The third-order valence-electron chi connectivity index (χ3n) is 4.52. The molecular weight excluding hydrogens is 270 g/mol. The van der Waals surface area contributed by atoms with Crippen LogP contribution in [-0.2, 0) is 0 Å². The molecular formula is C15H21N3O3. The molecule has 0 saturated heterocycles. The summed E-state index contributed by atoms with van der Waals surface area (Å²) in [5.74, 6) is -0.261. The second kappa shape index (κ2) is 6.11. The fourth-order valence-corrected chi connectivity index (χ4v) is 2.84. The lowest BCUT2D eigenvalue weighted by Gasteiger charge is -2.41. The van der Waals surface area contributed by atoms with E-state index >= 15 is 0 Å². The molecule has 1 amide bonds. The van der Waals surface area contributed by atoms with Gasteiger partial charge in [-0.2, -0.15) is 0 Å². The zero-order chi connectivity index (χ0) is 15.5. The Morgan fingerprint density at radius 2 is 2.14 bits per heavy atom. The summed E-state index contributed by atoms with van der Waals surface area (Å²) in [6, 6.07) is 4.53. The highest BCUT2D eigenvalue weighted by Crippen LogP contribution is 2.43. The van der Waals surface area contributed by atoms with Gasteiger partial charge in [-0.3, -0.25) is 14.9 Å². The number of nitro groups is 1. The molecule has 1 aliphatic rings. The summed E-state index contributed by atoms with van der Waals surface area (Å²) in [5.41, 5.74) is 0.714. The van der Waals surface area contributed by atoms with Crippen LogP contribution in [-0.4, -0.2) is 24.4 Å². The first-order valence-electron chi connectivity index (χ1n) is 7.26. The Bertz CT molecular complexity index is 548. The number of para-hydroxylation sites is 1. The summed E-state index contributed by atoms with van der Waals surface area (Å²) in [6.07, 6.45) is 4.53. The molecule has 0 aromatic heterocycles. The summed E-state index contributed by atoms with van der Waals surface area (Å²) in [5, 5.41) is 16.7. The Morgan fingerprint density at radius 1 is 1.43 bits per heavy atom. The van der Waals surface area contributed by atoms with Crippen LogP contribution in [0.3, 0.4) is 0 Å². The Hall–Kier alpha value is -2.11. The van der Waals surface area contributed by atoms with Gasteiger partial charge in [0.1, 0.15) is 5.69 Å². The lowest BCUT2D eigenvalue weighted by molar-refractivity contribution is -0.384. The van der Waals surface area contributed by atoms with Crippen molar-refractivity contribution in [2.24, 2.45) is 5.41 Å². The van der Waals surface area contributed by atoms with Crippen LogP contribution in [0, 0.1) is 15.5 Å². The summed E-state index contributed by atoms with van der Waals surface area (Å²) in [4.78, 5) is 22.9. The van der Waals surface area contributed by atoms with Crippen LogP contribution in [0.5, 0.6) is 0 Å². The average Bonchev–Trinajstić information content (AvgIpc) is 2.45. The van der Waals surface area contributed by atoms with Crippen molar-refractivity contribution in [3.8, 4) is 0 Å². The minimum atomic E-state index is -0.484. The van der Waals surface area contributed by atoms with Crippen LogP contribution >= 0.6 is 0 Å². The molecule has 6 nitrogen and oxygen atoms in total. The van der Waals surface area contributed by atoms with E-state index in [2.05, 4.69) is 17.6 Å². The van der Waals surface area contributed by atoms with E-state index in [0.29, 0.717) is 12.1 Å². The lowest BCUT2D eigenvalue weighted by Crippen LogP contribution is -2.41. The van der Waals surface area contributed by atoms with Crippen molar-refractivity contribution in [1.82, 2.24) is 5.32 Å². The van der Waals surface area contributed by atoms with Crippen LogP contribution in [0.15, 0.2) is 18.2 Å². The minimum absolute atomic E-state index is 0.0843. The molecule has 1 saturated carbocycles. The van der Waals surface area contributed by atoms with E-state index in [1.54, 1.807) is 13.1 Å².